The summed E-state index contributed by atoms with van der Waals surface area (Å²) in [4.78, 5) is 34.1. The van der Waals surface area contributed by atoms with Gasteiger partial charge in [-0.15, -0.1) is 0 Å². The lowest BCUT2D eigenvalue weighted by molar-refractivity contribution is -0.130. The predicted molar refractivity (Wildman–Crippen MR) is 206 cm³/mol. The Hall–Kier alpha value is -6.36. The third-order valence-electron chi connectivity index (χ3n) is 9.68. The van der Waals surface area contributed by atoms with E-state index in [-0.39, 0.29) is 42.1 Å². The number of amidine groups is 1. The van der Waals surface area contributed by atoms with Gasteiger partial charge in [-0.1, -0.05) is 127 Å². The van der Waals surface area contributed by atoms with Gasteiger partial charge in [0.15, 0.2) is 5.54 Å². The zero-order valence-corrected chi connectivity index (χ0v) is 29.5. The maximum atomic E-state index is 15.9. The highest BCUT2D eigenvalue weighted by atomic mass is 32.2. The number of sulfonamides is 1. The number of nitrogens with zero attached hydrogens (tertiary/aromatic N) is 2. The van der Waals surface area contributed by atoms with Crippen LogP contribution in [0, 0.1) is 5.41 Å². The minimum absolute atomic E-state index is 0.0247. The monoisotopic (exact) mass is 719 g/mol. The molecular weight excluding hydrogens is 683 g/mol. The van der Waals surface area contributed by atoms with Crippen LogP contribution in [0.4, 0.5) is 5.69 Å². The lowest BCUT2D eigenvalue weighted by Crippen LogP contribution is -2.59. The molecule has 0 saturated carbocycles. The first kappa shape index (κ1) is 35.1. The molecule has 6 aromatic carbocycles. The van der Waals surface area contributed by atoms with Gasteiger partial charge in [-0.25, -0.2) is 13.6 Å². The number of hydrogen-bond donors (Lipinski definition) is 3. The van der Waals surface area contributed by atoms with Crippen LogP contribution < -0.4 is 15.8 Å². The van der Waals surface area contributed by atoms with Crippen LogP contribution in [0.3, 0.4) is 0 Å². The van der Waals surface area contributed by atoms with Gasteiger partial charge < -0.3 is 15.5 Å². The van der Waals surface area contributed by atoms with E-state index in [9.17, 15) is 13.2 Å². The number of carbonyl (C=O) groups is 2. The third kappa shape index (κ3) is 6.85. The van der Waals surface area contributed by atoms with Crippen molar-refractivity contribution >= 4 is 33.4 Å². The fourth-order valence-corrected chi connectivity index (χ4v) is 7.89. The molecule has 10 heteroatoms. The molecule has 0 aliphatic carbocycles. The van der Waals surface area contributed by atoms with Gasteiger partial charge >= 0.3 is 0 Å². The summed E-state index contributed by atoms with van der Waals surface area (Å²) >= 11 is 0. The maximum absolute atomic E-state index is 15.9. The van der Waals surface area contributed by atoms with Crippen LogP contribution in [0.25, 0.3) is 11.1 Å². The van der Waals surface area contributed by atoms with Crippen molar-refractivity contribution in [2.45, 2.75) is 29.9 Å². The van der Waals surface area contributed by atoms with Crippen LogP contribution in [-0.2, 0) is 39.9 Å². The summed E-state index contributed by atoms with van der Waals surface area (Å²) in [5, 5.41) is 13.7. The quantitative estimate of drug-likeness (QED) is 0.102. The molecule has 9 nitrogen and oxygen atoms in total. The van der Waals surface area contributed by atoms with E-state index in [1.807, 2.05) is 91.0 Å². The van der Waals surface area contributed by atoms with Crippen molar-refractivity contribution in [1.82, 2.24) is 4.90 Å². The number of carbonyl (C=O) groups excluding carboxylic acids is 2. The zero-order chi connectivity index (χ0) is 37.2. The molecule has 0 radical (unpaired) electrons. The first-order valence-electron chi connectivity index (χ1n) is 17.0. The van der Waals surface area contributed by atoms with Gasteiger partial charge in [0, 0.05) is 35.3 Å². The van der Waals surface area contributed by atoms with Gasteiger partial charge in [0.25, 0.3) is 11.8 Å². The van der Waals surface area contributed by atoms with E-state index in [0.717, 1.165) is 11.1 Å². The molecule has 5 N–H and O–H groups in total. The van der Waals surface area contributed by atoms with Gasteiger partial charge in [0.1, 0.15) is 5.84 Å². The summed E-state index contributed by atoms with van der Waals surface area (Å²) in [5.74, 6) is -0.822. The number of nitrogens with one attached hydrogen (secondary N) is 1. The largest absolute Gasteiger partial charge is 0.384 e. The smallest absolute Gasteiger partial charge is 0.258 e. The van der Waals surface area contributed by atoms with Crippen molar-refractivity contribution in [3.63, 3.8) is 0 Å². The molecule has 6 aromatic rings. The van der Waals surface area contributed by atoms with Crippen molar-refractivity contribution in [2.75, 3.05) is 4.90 Å². The average molecular weight is 720 g/mol. The van der Waals surface area contributed by atoms with E-state index in [0.29, 0.717) is 39.1 Å². The molecule has 1 atom stereocenters. The van der Waals surface area contributed by atoms with Crippen molar-refractivity contribution in [1.29, 1.82) is 5.41 Å². The molecule has 1 unspecified atom stereocenters. The van der Waals surface area contributed by atoms with Gasteiger partial charge in [-0.3, -0.25) is 15.0 Å². The van der Waals surface area contributed by atoms with E-state index >= 15 is 4.79 Å². The Kier molecular flexibility index (Phi) is 9.49. The van der Waals surface area contributed by atoms with Crippen molar-refractivity contribution in [2.24, 2.45) is 10.9 Å². The number of nitrogens with two attached hydrogens (primary N) is 2. The Morgan fingerprint density at radius 1 is 0.736 bits per heavy atom. The van der Waals surface area contributed by atoms with Crippen LogP contribution in [0.15, 0.2) is 163 Å². The van der Waals surface area contributed by atoms with Crippen LogP contribution in [0.1, 0.15) is 38.2 Å². The van der Waals surface area contributed by atoms with E-state index < -0.39 is 15.6 Å². The molecule has 1 aliphatic rings. The molecule has 0 fully saturated rings. The Labute approximate surface area is 308 Å². The average Bonchev–Trinajstić information content (AvgIpc) is 3.52. The van der Waals surface area contributed by atoms with Crippen LogP contribution >= 0.6 is 0 Å². The molecule has 1 heterocycles. The van der Waals surface area contributed by atoms with Gasteiger partial charge in [0.2, 0.25) is 10.0 Å². The lowest BCUT2D eigenvalue weighted by Gasteiger charge is -2.44. The summed E-state index contributed by atoms with van der Waals surface area (Å²) in [6, 6.07) is 47.2. The first-order valence-corrected chi connectivity index (χ1v) is 18.6. The van der Waals surface area contributed by atoms with E-state index in [1.165, 1.54) is 6.07 Å². The van der Waals surface area contributed by atoms with E-state index in [4.69, 9.17) is 16.3 Å². The molecule has 0 spiro atoms. The summed E-state index contributed by atoms with van der Waals surface area (Å²) in [7, 11) is -4.04. The predicted octanol–water partition coefficient (Wildman–Crippen LogP) is 6.61. The Balaban J connectivity index is 1.43. The number of amides is 2. The minimum Gasteiger partial charge on any atom is -0.384 e. The second-order valence-corrected chi connectivity index (χ2v) is 14.6. The molecule has 0 aromatic heterocycles. The summed E-state index contributed by atoms with van der Waals surface area (Å²) < 4.78 is 25.1. The van der Waals surface area contributed by atoms with E-state index in [2.05, 4.69) is 0 Å². The Morgan fingerprint density at radius 2 is 1.36 bits per heavy atom. The number of benzene rings is 6. The number of anilines is 1. The van der Waals surface area contributed by atoms with Crippen LogP contribution in [0.5, 0.6) is 0 Å². The Bertz CT molecular complexity index is 2440. The highest BCUT2D eigenvalue weighted by Crippen LogP contribution is 2.43. The number of primary sulfonamides is 1. The van der Waals surface area contributed by atoms with Gasteiger partial charge in [0.05, 0.1) is 11.4 Å². The second-order valence-electron chi connectivity index (χ2n) is 13.0. The summed E-state index contributed by atoms with van der Waals surface area (Å²) in [6.45, 7) is 0.244. The van der Waals surface area contributed by atoms with Crippen molar-refractivity contribution in [3.05, 3.63) is 191 Å². The zero-order valence-electron chi connectivity index (χ0n) is 28.7. The summed E-state index contributed by atoms with van der Waals surface area (Å²) in [6.07, 6.45) is 0.148. The van der Waals surface area contributed by atoms with Gasteiger partial charge in [-0.2, -0.15) is 0 Å². The lowest BCUT2D eigenvalue weighted by atomic mass is 9.80. The first-order chi connectivity index (χ1) is 25.6. The standard InChI is InChI=1S/C43H37N5O4S/c44-40(45)33-17-12-20-36(26-33)47(28-31-15-6-2-7-16-31)42(50)43(35-18-8-3-9-19-35,27-30-13-4-1-5-14-30)48-29-34-25-32(23-24-38(34)41(48)49)37-21-10-11-22-39(37)53(46,51)52/h1-26H,27-29H2,(H3,44,45)(H2,46,51,52). The van der Waals surface area contributed by atoms with Crippen LogP contribution in [0.2, 0.25) is 0 Å². The molecule has 1 aliphatic heterocycles. The van der Waals surface area contributed by atoms with Gasteiger partial charge in [-0.05, 0) is 58.1 Å². The fraction of sp³-hybridized carbons (Fsp3) is 0.0930. The molecule has 264 valence electrons. The number of nitrogen functional groups attached to an aromatic ring is 1. The van der Waals surface area contributed by atoms with E-state index in [1.54, 1.807) is 70.5 Å². The van der Waals surface area contributed by atoms with Crippen LogP contribution in [-0.4, -0.2) is 31.0 Å². The summed E-state index contributed by atoms with van der Waals surface area (Å²) in [5.41, 5.74) is 9.71. The minimum atomic E-state index is -4.04. The highest BCUT2D eigenvalue weighted by Gasteiger charge is 2.52. The molecule has 0 bridgehead atoms. The normalized spacial score (nSPS) is 13.6. The SMILES string of the molecule is N=C(N)c1cccc(N(Cc2ccccc2)C(=O)C(Cc2ccccc2)(c2ccccc2)N2Cc3cc(-c4ccccc4S(N)(=O)=O)ccc3C2=O)c1. The molecule has 7 rings (SSSR count). The number of fused-ring (bicyclic) bond motifs is 1. The Morgan fingerprint density at radius 3 is 2.02 bits per heavy atom. The maximum Gasteiger partial charge on any atom is 0.258 e. The molecule has 53 heavy (non-hydrogen) atoms. The topological polar surface area (TPSA) is 151 Å². The molecule has 2 amide bonds. The van der Waals surface area contributed by atoms with Crippen molar-refractivity contribution in [3.8, 4) is 11.1 Å². The molecule has 0 saturated heterocycles. The second kappa shape index (κ2) is 14.3. The fourth-order valence-electron chi connectivity index (χ4n) is 7.13. The highest BCUT2D eigenvalue weighted by molar-refractivity contribution is 7.89. The molecular formula is C43H37N5O4S. The number of rotatable bonds is 11. The van der Waals surface area contributed by atoms with Crippen molar-refractivity contribution < 1.29 is 18.0 Å². The number of hydrogen-bond acceptors (Lipinski definition) is 5. The third-order valence-corrected chi connectivity index (χ3v) is 10.6.